The number of hydrogen-bond donors (Lipinski definition) is 0. The van der Waals surface area contributed by atoms with Crippen LogP contribution in [0, 0.1) is 70.0 Å². The van der Waals surface area contributed by atoms with Crippen LogP contribution in [0.15, 0.2) is 249 Å². The van der Waals surface area contributed by atoms with Gasteiger partial charge in [-0.15, -0.1) is 0 Å². The van der Waals surface area contributed by atoms with Gasteiger partial charge >= 0.3 is 0 Å². The van der Waals surface area contributed by atoms with Crippen LogP contribution in [0.25, 0.3) is 121 Å². The lowest BCUT2D eigenvalue weighted by Gasteiger charge is -2.59. The minimum absolute atomic E-state index is 0.0126. The number of para-hydroxylation sites is 6. The quantitative estimate of drug-likeness (QED) is 0.121. The summed E-state index contributed by atoms with van der Waals surface area (Å²) >= 11 is 0. The Labute approximate surface area is 788 Å². The number of anilines is 4. The van der Waals surface area contributed by atoms with Crippen molar-refractivity contribution in [2.45, 2.75) is 260 Å². The van der Waals surface area contributed by atoms with E-state index in [9.17, 15) is 8.22 Å². The van der Waals surface area contributed by atoms with Crippen molar-refractivity contribution < 1.29 is 8.22 Å². The minimum Gasteiger partial charge on any atom is -0.339 e. The van der Waals surface area contributed by atoms with Crippen LogP contribution in [0.3, 0.4) is 0 Å². The van der Waals surface area contributed by atoms with Crippen LogP contribution < -0.4 is 26.2 Å². The largest absolute Gasteiger partial charge is 0.339 e. The Bertz CT molecular complexity index is 6920. The molecular weight excluding hydrogens is 1580 g/mol. The van der Waals surface area contributed by atoms with Crippen LogP contribution in [0.5, 0.6) is 0 Å². The van der Waals surface area contributed by atoms with Gasteiger partial charge in [0, 0.05) is 101 Å². The predicted octanol–water partition coefficient (Wildman–Crippen LogP) is 32.2. The molecule has 7 heteroatoms. The maximum atomic E-state index is 12.5. The van der Waals surface area contributed by atoms with Crippen LogP contribution in [0.1, 0.15) is 257 Å². The van der Waals surface area contributed by atoms with Gasteiger partial charge in [-0.25, -0.2) is 0 Å². The molecule has 6 saturated carbocycles. The highest BCUT2D eigenvalue weighted by Gasteiger charge is 2.57. The summed E-state index contributed by atoms with van der Waals surface area (Å²) in [5.41, 5.74) is 20.9. The second kappa shape index (κ2) is 32.1. The molecule has 0 bridgehead atoms. The molecule has 6 heterocycles. The highest BCUT2D eigenvalue weighted by molar-refractivity contribution is 7.00. The van der Waals surface area contributed by atoms with Gasteiger partial charge in [0.25, 0.3) is 6.71 Å². The minimum atomic E-state index is -0.958. The van der Waals surface area contributed by atoms with Gasteiger partial charge in [-0.2, -0.15) is 0 Å². The fourth-order valence-electron chi connectivity index (χ4n) is 28.3. The summed E-state index contributed by atoms with van der Waals surface area (Å²) in [7, 11) is 0. The Balaban J connectivity index is 0.859. The summed E-state index contributed by atoms with van der Waals surface area (Å²) in [4.78, 5) is 5.70. The summed E-state index contributed by atoms with van der Waals surface area (Å²) < 4.78 is 81.8. The molecule has 0 spiro atoms. The van der Waals surface area contributed by atoms with Crippen LogP contribution in [-0.2, 0) is 10.8 Å². The molecular formula is C124H137BN6. The van der Waals surface area contributed by atoms with Gasteiger partial charge in [0.15, 0.2) is 0 Å². The number of fused-ring (bicyclic) bond motifs is 16. The molecule has 0 amide bonds. The third kappa shape index (κ3) is 14.0. The fourth-order valence-corrected chi connectivity index (χ4v) is 28.3. The zero-order valence-corrected chi connectivity index (χ0v) is 79.9. The van der Waals surface area contributed by atoms with Crippen LogP contribution in [0.2, 0.25) is 0 Å². The molecule has 666 valence electrons. The Morgan fingerprint density at radius 1 is 0.275 bits per heavy atom. The Kier molecular flexibility index (Phi) is 18.9. The van der Waals surface area contributed by atoms with E-state index in [-0.39, 0.29) is 93.7 Å². The topological polar surface area (TPSA) is 26.2 Å². The molecule has 4 atom stereocenters. The van der Waals surface area contributed by atoms with Crippen LogP contribution in [0.4, 0.5) is 22.7 Å². The summed E-state index contributed by atoms with van der Waals surface area (Å²) in [6.07, 6.45) is 27.9. The average molecular weight is 1730 g/mol. The molecule has 4 aromatic heterocycles. The average Bonchev–Trinajstić information content (AvgIpc) is 0.989. The van der Waals surface area contributed by atoms with Crippen molar-refractivity contribution in [3.8, 4) is 33.9 Å². The number of nitrogens with zero attached hydrogens (tertiary/aromatic N) is 6. The lowest BCUT2D eigenvalue weighted by molar-refractivity contribution is 0.0144. The molecule has 6 nitrogen and oxygen atoms in total. The summed E-state index contributed by atoms with van der Waals surface area (Å²) in [6.45, 7) is 28.6. The normalized spacial score (nSPS) is 23.2. The van der Waals surface area contributed by atoms with E-state index in [1.165, 1.54) is 110 Å². The van der Waals surface area contributed by atoms with E-state index < -0.39 is 6.71 Å². The van der Waals surface area contributed by atoms with Crippen LogP contribution >= 0.6 is 0 Å². The standard InChI is InChI=1S/C124H137BN6/c1-121(2,3)84-65-82(66-85(69-84)122(4,5)6)83-67-116-118-117(68-83)131(120-100(80-41-21-15-22-42-80)72-87(124(10,11)12)73-101(120)81-43-23-16-24-44-81)115-77-91(129-111-56-36-30-50-97(111)103-75-89(60-64-113(103)129)127-108-53-33-27-47-94(108)95-48-28-34-54-109(95)127)58-62-105(115)125(118)104-61-57-90(76-114(104)130(116)119-98(78-37-17-13-18-38-78)70-86(123(7,8)9)71-99(119)79-39-19-14-20-40-79)128-110-55-35-29-49-96(110)102-74-88(59-63-112(102)128)126-106-51-31-25-45-92(106)93-46-26-32-52-107(93)126/h25-36,45-69,74-81,86-87,98-101,119-120H,13-24,37-44,70-73H2,1-12H3/i57D,58D,61D,62D,76D,77D. The van der Waals surface area contributed by atoms with E-state index in [4.69, 9.17) is 0 Å². The Morgan fingerprint density at radius 2 is 0.550 bits per heavy atom. The van der Waals surface area contributed by atoms with Gasteiger partial charge in [0.2, 0.25) is 0 Å². The smallest absolute Gasteiger partial charge is 0.252 e. The maximum absolute atomic E-state index is 12.5. The molecule has 0 radical (unpaired) electrons. The van der Waals surface area contributed by atoms with Gasteiger partial charge in [-0.05, 0) is 254 Å². The van der Waals surface area contributed by atoms with Crippen molar-refractivity contribution in [3.05, 3.63) is 260 Å². The first kappa shape index (κ1) is 77.0. The molecule has 4 unspecified atom stereocenters. The van der Waals surface area contributed by atoms with Gasteiger partial charge < -0.3 is 28.1 Å². The third-order valence-corrected chi connectivity index (χ3v) is 35.1. The van der Waals surface area contributed by atoms with Gasteiger partial charge in [0.1, 0.15) is 0 Å². The number of aromatic nitrogens is 4. The maximum Gasteiger partial charge on any atom is 0.252 e. The zero-order valence-electron chi connectivity index (χ0n) is 85.9. The second-order valence-corrected chi connectivity index (χ2v) is 46.5. The molecule has 2 aliphatic heterocycles. The molecule has 16 aromatic rings. The molecule has 6 fully saturated rings. The summed E-state index contributed by atoms with van der Waals surface area (Å²) in [6, 6.07) is 79.0. The summed E-state index contributed by atoms with van der Waals surface area (Å²) in [5.74, 6) is 3.29. The lowest BCUT2D eigenvalue weighted by atomic mass is 9.33. The molecule has 12 aromatic carbocycles. The second-order valence-electron chi connectivity index (χ2n) is 46.5. The van der Waals surface area contributed by atoms with Crippen molar-refractivity contribution in [2.75, 3.05) is 9.80 Å². The fraction of sp³-hybridized carbons (Fsp3) is 0.419. The summed E-state index contributed by atoms with van der Waals surface area (Å²) in [5, 5.41) is 8.79. The van der Waals surface area contributed by atoms with E-state index in [2.05, 4.69) is 323 Å². The SMILES string of the molecule is [2H]c1c([2H])c(-n2c3ccccc3c3cc(-n4c5ccccc5c5ccccc54)ccc32)c([2H])c2c1B1c3c(cc(-c4cc(C(C)(C)C)cc(C(C)(C)C)c4)cc3N(C3C(C4CCCCC4)CC(C(C)(C)C)CC3C3CCCCC3)c3c([2H])c(-n4c5ccccc5c5cc(-n6c7ccccc7c7ccccc76)ccc54)c([2H])c([2H])c31)N2C1C(C2CCCCC2)CC(C(C)(C)C)CC1C1CCCCC1. The molecule has 131 heavy (non-hydrogen) atoms. The first-order valence-corrected chi connectivity index (χ1v) is 51.3. The molecule has 24 rings (SSSR count). The molecule has 8 aliphatic rings. The number of benzene rings is 12. The van der Waals surface area contributed by atoms with Gasteiger partial charge in [0.05, 0.1) is 52.4 Å². The third-order valence-electron chi connectivity index (χ3n) is 35.1. The van der Waals surface area contributed by atoms with E-state index >= 15 is 0 Å². The number of hydrogen-bond acceptors (Lipinski definition) is 2. The van der Waals surface area contributed by atoms with Crippen molar-refractivity contribution >= 4 is 133 Å². The van der Waals surface area contributed by atoms with Crippen LogP contribution in [-0.4, -0.2) is 37.1 Å². The molecule has 6 aliphatic carbocycles. The van der Waals surface area contributed by atoms with E-state index in [0.717, 1.165) is 182 Å². The van der Waals surface area contributed by atoms with E-state index in [1.54, 1.807) is 0 Å². The first-order valence-electron chi connectivity index (χ1n) is 54.3. The van der Waals surface area contributed by atoms with Gasteiger partial charge in [-0.3, -0.25) is 0 Å². The van der Waals surface area contributed by atoms with Crippen molar-refractivity contribution in [1.82, 2.24) is 18.3 Å². The first-order chi connectivity index (χ1) is 66.1. The van der Waals surface area contributed by atoms with E-state index in [1.807, 2.05) is 0 Å². The monoisotopic (exact) mass is 1730 g/mol. The molecule has 0 N–H and O–H groups in total. The Morgan fingerprint density at radius 3 is 0.847 bits per heavy atom. The Hall–Kier alpha value is -10.5. The lowest BCUT2D eigenvalue weighted by Crippen LogP contribution is -2.67. The van der Waals surface area contributed by atoms with E-state index in [0.29, 0.717) is 69.2 Å². The molecule has 0 saturated heterocycles. The van der Waals surface area contributed by atoms with Gasteiger partial charge in [-0.1, -0.05) is 351 Å². The zero-order chi connectivity index (χ0) is 94.1. The number of rotatable bonds is 11. The van der Waals surface area contributed by atoms with Crippen molar-refractivity contribution in [3.63, 3.8) is 0 Å². The highest BCUT2D eigenvalue weighted by Crippen LogP contribution is 2.61. The van der Waals surface area contributed by atoms with Crippen molar-refractivity contribution in [1.29, 1.82) is 0 Å². The highest BCUT2D eigenvalue weighted by atomic mass is 15.2. The predicted molar refractivity (Wildman–Crippen MR) is 561 cm³/mol. The van der Waals surface area contributed by atoms with Crippen molar-refractivity contribution in [2.24, 2.45) is 70.0 Å².